The third-order valence-corrected chi connectivity index (χ3v) is 8.39. The number of halogens is 1. The summed E-state index contributed by atoms with van der Waals surface area (Å²) < 4.78 is 42.4. The van der Waals surface area contributed by atoms with Gasteiger partial charge in [-0.25, -0.2) is 14.0 Å². The molecule has 8 nitrogen and oxygen atoms in total. The summed E-state index contributed by atoms with van der Waals surface area (Å²) in [7, 11) is -0.896. The second kappa shape index (κ2) is 10.8. The zero-order valence-electron chi connectivity index (χ0n) is 27.4. The van der Waals surface area contributed by atoms with Crippen LogP contribution < -0.4 is 5.59 Å². The topological polar surface area (TPSA) is 79.2 Å². The Balaban J connectivity index is 1.81. The monoisotopic (exact) mass is 586 g/mol. The largest absolute Gasteiger partial charge is 0.513 e. The van der Waals surface area contributed by atoms with E-state index in [2.05, 4.69) is 0 Å². The van der Waals surface area contributed by atoms with E-state index in [1.807, 2.05) is 62.3 Å². The van der Waals surface area contributed by atoms with Crippen LogP contribution in [-0.4, -0.2) is 64.3 Å². The highest BCUT2D eigenvalue weighted by Crippen LogP contribution is 2.41. The van der Waals surface area contributed by atoms with Crippen molar-refractivity contribution in [3.05, 3.63) is 29.1 Å². The summed E-state index contributed by atoms with van der Waals surface area (Å²) >= 11 is 0. The summed E-state index contributed by atoms with van der Waals surface area (Å²) in [6, 6.07) is 3.57. The predicted octanol–water partition coefficient (Wildman–Crippen LogP) is 7.10. The Kier molecular flexibility index (Phi) is 8.35. The van der Waals surface area contributed by atoms with Gasteiger partial charge in [0.25, 0.3) is 0 Å². The summed E-state index contributed by atoms with van der Waals surface area (Å²) in [6.07, 6.45) is 0.257. The van der Waals surface area contributed by atoms with E-state index in [0.29, 0.717) is 53.6 Å². The smallest absolute Gasteiger partial charge is 0.444 e. The molecule has 0 radical (unpaired) electrons. The van der Waals surface area contributed by atoms with Crippen LogP contribution in [0, 0.1) is 5.82 Å². The first-order valence-electron chi connectivity index (χ1n) is 15.1. The number of likely N-dealkylation sites (tertiary alicyclic amines) is 1. The summed E-state index contributed by atoms with van der Waals surface area (Å²) in [5, 5.41) is 0.382. The van der Waals surface area contributed by atoms with Gasteiger partial charge >= 0.3 is 19.3 Å². The molecule has 0 N–H and O–H groups in total. The Bertz CT molecular complexity index is 1340. The fourth-order valence-electron chi connectivity index (χ4n) is 5.69. The molecule has 2 aliphatic heterocycles. The number of benzene rings is 1. The van der Waals surface area contributed by atoms with Gasteiger partial charge in [-0.15, -0.1) is 0 Å². The fourth-order valence-corrected chi connectivity index (χ4v) is 5.69. The standard InChI is InChI=1S/C32H48BFN2O6/c1-19(2)23-24-22(14-13-21(25(24)34)20-15-17-35(18-16-20)27(37)39-29(3,4)5)36(28(38)40-30(6,7)8)26(23)33-41-31(9,10)32(11,12)42-33/h13-14,19-20H,15-18H2,1-12H3. The molecule has 0 bridgehead atoms. The maximum Gasteiger partial charge on any atom is 0.513 e. The van der Waals surface area contributed by atoms with Crippen LogP contribution in [0.3, 0.4) is 0 Å². The summed E-state index contributed by atoms with van der Waals surface area (Å²) in [5.74, 6) is -0.589. The number of hydrogen-bond acceptors (Lipinski definition) is 6. The molecule has 2 saturated heterocycles. The lowest BCUT2D eigenvalue weighted by molar-refractivity contribution is 0.00578. The summed E-state index contributed by atoms with van der Waals surface area (Å²) in [6.45, 7) is 23.7. The molecule has 10 heteroatoms. The molecule has 4 rings (SSSR count). The van der Waals surface area contributed by atoms with Crippen molar-refractivity contribution in [1.29, 1.82) is 0 Å². The molecule has 1 aromatic heterocycles. The molecule has 0 atom stereocenters. The molecule has 0 aliphatic carbocycles. The van der Waals surface area contributed by atoms with Crippen LogP contribution in [0.5, 0.6) is 0 Å². The molecular weight excluding hydrogens is 538 g/mol. The van der Waals surface area contributed by atoms with E-state index in [-0.39, 0.29) is 23.7 Å². The van der Waals surface area contributed by atoms with Gasteiger partial charge in [-0.3, -0.25) is 4.57 Å². The Labute approximate surface area is 250 Å². The lowest BCUT2D eigenvalue weighted by atomic mass is 9.78. The second-order valence-corrected chi connectivity index (χ2v) is 15.0. The SMILES string of the molecule is CC(C)c1c(B2OC(C)(C)C(C)(C)O2)n(C(=O)OC(C)(C)C)c2ccc(C3CCN(C(=O)OC(C)(C)C)CC3)c(F)c12. The van der Waals surface area contributed by atoms with Crippen molar-refractivity contribution in [2.24, 2.45) is 0 Å². The number of carbonyl (C=O) groups is 2. The molecule has 232 valence electrons. The number of rotatable bonds is 3. The van der Waals surface area contributed by atoms with Crippen LogP contribution >= 0.6 is 0 Å². The van der Waals surface area contributed by atoms with E-state index in [4.69, 9.17) is 18.8 Å². The molecule has 3 heterocycles. The quantitative estimate of drug-likeness (QED) is 0.357. The van der Waals surface area contributed by atoms with Gasteiger partial charge in [0.2, 0.25) is 0 Å². The molecule has 2 aromatic rings. The maximum absolute atomic E-state index is 16.8. The van der Waals surface area contributed by atoms with Crippen LogP contribution in [0.25, 0.3) is 10.9 Å². The number of hydrogen-bond donors (Lipinski definition) is 0. The number of carbonyl (C=O) groups excluding carboxylic acids is 2. The number of ether oxygens (including phenoxy) is 2. The van der Waals surface area contributed by atoms with E-state index in [1.165, 1.54) is 4.57 Å². The van der Waals surface area contributed by atoms with Crippen molar-refractivity contribution in [3.63, 3.8) is 0 Å². The van der Waals surface area contributed by atoms with Gasteiger partial charge in [0, 0.05) is 18.5 Å². The lowest BCUT2D eigenvalue weighted by Crippen LogP contribution is -2.44. The molecular formula is C32H48BFN2O6. The normalized spacial score (nSPS) is 19.6. The summed E-state index contributed by atoms with van der Waals surface area (Å²) in [5.41, 5.74) is -0.530. The van der Waals surface area contributed by atoms with Crippen molar-refractivity contribution in [1.82, 2.24) is 9.47 Å². The zero-order valence-corrected chi connectivity index (χ0v) is 27.4. The fraction of sp³-hybridized carbons (Fsp3) is 0.688. The highest BCUT2D eigenvalue weighted by Gasteiger charge is 2.54. The minimum Gasteiger partial charge on any atom is -0.444 e. The highest BCUT2D eigenvalue weighted by molar-refractivity contribution is 6.63. The van der Waals surface area contributed by atoms with Crippen LogP contribution in [0.15, 0.2) is 12.1 Å². The third kappa shape index (κ3) is 6.21. The van der Waals surface area contributed by atoms with Gasteiger partial charge in [-0.1, -0.05) is 19.9 Å². The Morgan fingerprint density at radius 3 is 1.90 bits per heavy atom. The van der Waals surface area contributed by atoms with Gasteiger partial charge in [-0.05, 0) is 111 Å². The van der Waals surface area contributed by atoms with Gasteiger partial charge < -0.3 is 23.7 Å². The first-order chi connectivity index (χ1) is 19.1. The number of aromatic nitrogens is 1. The molecule has 0 saturated carbocycles. The van der Waals surface area contributed by atoms with E-state index in [1.54, 1.807) is 37.8 Å². The van der Waals surface area contributed by atoms with Gasteiger partial charge in [0.15, 0.2) is 0 Å². The Morgan fingerprint density at radius 1 is 0.929 bits per heavy atom. The van der Waals surface area contributed by atoms with Crippen LogP contribution in [0.2, 0.25) is 0 Å². The van der Waals surface area contributed by atoms with Crippen molar-refractivity contribution in [2.75, 3.05) is 13.1 Å². The number of amides is 1. The van der Waals surface area contributed by atoms with Crippen molar-refractivity contribution in [2.45, 2.75) is 130 Å². The minimum atomic E-state index is -0.896. The van der Waals surface area contributed by atoms with E-state index >= 15 is 4.39 Å². The second-order valence-electron chi connectivity index (χ2n) is 15.0. The molecule has 42 heavy (non-hydrogen) atoms. The predicted molar refractivity (Wildman–Crippen MR) is 163 cm³/mol. The summed E-state index contributed by atoms with van der Waals surface area (Å²) in [4.78, 5) is 28.1. The Morgan fingerprint density at radius 2 is 1.43 bits per heavy atom. The number of nitrogens with zero attached hydrogens (tertiary/aromatic N) is 2. The average Bonchev–Trinajstić information content (AvgIpc) is 3.28. The number of fused-ring (bicyclic) bond motifs is 1. The van der Waals surface area contributed by atoms with Crippen LogP contribution in [0.1, 0.15) is 119 Å². The minimum absolute atomic E-state index is 0.0849. The molecule has 0 unspecified atom stereocenters. The lowest BCUT2D eigenvalue weighted by Gasteiger charge is -2.33. The average molecular weight is 587 g/mol. The molecule has 1 aromatic carbocycles. The van der Waals surface area contributed by atoms with Gasteiger partial charge in [0.05, 0.1) is 22.3 Å². The van der Waals surface area contributed by atoms with Gasteiger partial charge in [0.1, 0.15) is 17.0 Å². The van der Waals surface area contributed by atoms with E-state index < -0.39 is 35.6 Å². The highest BCUT2D eigenvalue weighted by atomic mass is 19.1. The first-order valence-corrected chi connectivity index (χ1v) is 15.1. The third-order valence-electron chi connectivity index (χ3n) is 8.39. The molecule has 1 amide bonds. The van der Waals surface area contributed by atoms with Crippen LogP contribution in [0.4, 0.5) is 14.0 Å². The first kappa shape index (κ1) is 32.3. The van der Waals surface area contributed by atoms with Crippen molar-refractivity contribution in [3.8, 4) is 0 Å². The Hall–Kier alpha value is -2.59. The number of piperidine rings is 1. The maximum atomic E-state index is 16.8. The van der Waals surface area contributed by atoms with E-state index in [9.17, 15) is 9.59 Å². The van der Waals surface area contributed by atoms with Crippen molar-refractivity contribution < 1.29 is 32.8 Å². The molecule has 2 aliphatic rings. The van der Waals surface area contributed by atoms with Crippen molar-refractivity contribution >= 4 is 35.8 Å². The molecule has 2 fully saturated rings. The van der Waals surface area contributed by atoms with Crippen LogP contribution in [-0.2, 0) is 18.8 Å². The zero-order chi connectivity index (χ0) is 31.6. The van der Waals surface area contributed by atoms with Gasteiger partial charge in [-0.2, -0.15) is 0 Å². The van der Waals surface area contributed by atoms with E-state index in [0.717, 1.165) is 0 Å². The molecule has 0 spiro atoms.